The van der Waals surface area contributed by atoms with Crippen LogP contribution >= 0.6 is 0 Å². The van der Waals surface area contributed by atoms with Crippen LogP contribution in [0.2, 0.25) is 0 Å². The minimum absolute atomic E-state index is 0.105. The summed E-state index contributed by atoms with van der Waals surface area (Å²) >= 11 is 0. The predicted molar refractivity (Wildman–Crippen MR) is 122 cm³/mol. The predicted octanol–water partition coefficient (Wildman–Crippen LogP) is 10.6. The maximum Gasteiger partial charge on any atom is 0.422 e. The highest BCUT2D eigenvalue weighted by atomic mass is 19.4. The Balaban J connectivity index is 2.28. The van der Waals surface area contributed by atoms with Crippen LogP contribution in [0.1, 0.15) is 23.6 Å². The molecule has 17 heteroatoms. The first kappa shape index (κ1) is 33.6. The molecular weight excluding hydrogens is 659 g/mol. The molecule has 0 fully saturated rings. The van der Waals surface area contributed by atoms with Gasteiger partial charge >= 0.3 is 6.18 Å². The minimum atomic E-state index is -6.12. The highest BCUT2D eigenvalue weighted by Crippen LogP contribution is 2.59. The fourth-order valence-electron chi connectivity index (χ4n) is 4.83. The van der Waals surface area contributed by atoms with E-state index in [4.69, 9.17) is 0 Å². The van der Waals surface area contributed by atoms with E-state index in [2.05, 4.69) is 0 Å². The van der Waals surface area contributed by atoms with Gasteiger partial charge in [-0.3, -0.25) is 0 Å². The fourth-order valence-corrected chi connectivity index (χ4v) is 4.83. The number of allylic oxidation sites excluding steroid dienone is 12. The zero-order chi connectivity index (χ0) is 34.1. The zero-order valence-electron chi connectivity index (χ0n) is 21.4. The lowest BCUT2D eigenvalue weighted by Crippen LogP contribution is -2.38. The minimum Gasteiger partial charge on any atom is -0.238 e. The summed E-state index contributed by atoms with van der Waals surface area (Å²) < 4.78 is 247. The third kappa shape index (κ3) is 4.95. The quantitative estimate of drug-likeness (QED) is 0.170. The van der Waals surface area contributed by atoms with Gasteiger partial charge in [0.1, 0.15) is 11.4 Å². The summed E-state index contributed by atoms with van der Waals surface area (Å²) in [5.74, 6) is -36.8. The first-order valence-corrected chi connectivity index (χ1v) is 11.7. The Kier molecular flexibility index (Phi) is 8.39. The molecule has 0 saturated heterocycles. The van der Waals surface area contributed by atoms with Gasteiger partial charge < -0.3 is 0 Å². The van der Waals surface area contributed by atoms with Crippen molar-refractivity contribution in [2.75, 3.05) is 0 Å². The molecule has 0 bridgehead atoms. The first-order valence-electron chi connectivity index (χ1n) is 11.7. The normalized spacial score (nSPS) is 25.3. The molecule has 0 radical (unpaired) electrons. The van der Waals surface area contributed by atoms with Gasteiger partial charge in [-0.15, -0.1) is 0 Å². The number of hydrogen-bond donors (Lipinski definition) is 0. The molecule has 0 saturated carbocycles. The van der Waals surface area contributed by atoms with Crippen molar-refractivity contribution in [1.29, 1.82) is 0 Å². The van der Waals surface area contributed by atoms with Crippen molar-refractivity contribution in [1.82, 2.24) is 0 Å². The van der Waals surface area contributed by atoms with E-state index < -0.39 is 127 Å². The highest BCUT2D eigenvalue weighted by Gasteiger charge is 2.55. The molecule has 0 aliphatic heterocycles. The molecule has 0 N–H and O–H groups in total. The number of hydrogen-bond acceptors (Lipinski definition) is 0. The largest absolute Gasteiger partial charge is 0.422 e. The molecule has 2 atom stereocenters. The number of benzene rings is 2. The summed E-state index contributed by atoms with van der Waals surface area (Å²) in [6.07, 6.45) is -9.04. The summed E-state index contributed by atoms with van der Waals surface area (Å²) in [6.45, 7) is 0.105. The number of rotatable bonds is 2. The molecule has 2 aromatic carbocycles. The third-order valence-corrected chi connectivity index (χ3v) is 6.91. The standard InChI is InChI=1S/C28H9F17/c1-27-9(11-16(32)19(35)13(28(43,44)45)20(36)17(11)33)5-3-2-4-7(29)6-8(12(27)18(34)23(39)25(41)26(27)42)10-14(30)21(37)24(40)22(38)15(10)31/h2-6,26H,1H3/b3-2-,7-4+,8-6+,9-5+. The SMILES string of the molecule is CC12C(=C(F)C(F)=C(F)C1F)/C(c1c(F)c(F)c(F)c(F)c1F)=C/C(F)=C\C=C/C=C/2c1c(F)c(F)c(C(F)(F)F)c(F)c1F. The van der Waals surface area contributed by atoms with Gasteiger partial charge in [0, 0.05) is 5.57 Å². The molecule has 4 rings (SSSR count). The lowest BCUT2D eigenvalue weighted by atomic mass is 9.63. The van der Waals surface area contributed by atoms with Crippen LogP contribution in [0.4, 0.5) is 74.6 Å². The molecule has 0 heterocycles. The molecule has 45 heavy (non-hydrogen) atoms. The van der Waals surface area contributed by atoms with Crippen molar-refractivity contribution in [3.8, 4) is 0 Å². The van der Waals surface area contributed by atoms with Crippen LogP contribution in [0.15, 0.2) is 59.3 Å². The van der Waals surface area contributed by atoms with E-state index >= 15 is 17.6 Å². The smallest absolute Gasteiger partial charge is 0.238 e. The fraction of sp³-hybridized carbons (Fsp3) is 0.143. The van der Waals surface area contributed by atoms with Gasteiger partial charge in [-0.25, -0.2) is 61.5 Å². The van der Waals surface area contributed by atoms with E-state index in [0.29, 0.717) is 12.2 Å². The highest BCUT2D eigenvalue weighted by molar-refractivity contribution is 5.91. The molecule has 0 aromatic heterocycles. The Hall–Kier alpha value is -4.31. The molecule has 0 amide bonds. The summed E-state index contributed by atoms with van der Waals surface area (Å²) in [5, 5.41) is 0. The van der Waals surface area contributed by atoms with Gasteiger partial charge in [0.15, 0.2) is 70.2 Å². The molecule has 2 aliphatic carbocycles. The zero-order valence-corrected chi connectivity index (χ0v) is 21.4. The number of fused-ring (bicyclic) bond motifs is 1. The van der Waals surface area contributed by atoms with Crippen LogP contribution in [0.25, 0.3) is 11.1 Å². The van der Waals surface area contributed by atoms with Crippen LogP contribution < -0.4 is 0 Å². The van der Waals surface area contributed by atoms with Gasteiger partial charge in [-0.05, 0) is 30.2 Å². The van der Waals surface area contributed by atoms with E-state index in [1.165, 1.54) is 0 Å². The van der Waals surface area contributed by atoms with Crippen LogP contribution in [0, 0.1) is 57.8 Å². The van der Waals surface area contributed by atoms with Crippen LogP contribution in [-0.4, -0.2) is 6.17 Å². The number of alkyl halides is 4. The third-order valence-electron chi connectivity index (χ3n) is 6.91. The second kappa shape index (κ2) is 11.2. The monoisotopic (exact) mass is 668 g/mol. The second-order valence-corrected chi connectivity index (χ2v) is 9.44. The van der Waals surface area contributed by atoms with E-state index in [1.807, 2.05) is 0 Å². The number of halogens is 17. The molecule has 2 aromatic rings. The summed E-state index contributed by atoms with van der Waals surface area (Å²) in [6, 6.07) is 0. The summed E-state index contributed by atoms with van der Waals surface area (Å²) in [5.41, 5.74) is -17.7. The van der Waals surface area contributed by atoms with E-state index in [0.717, 1.165) is 0 Å². The van der Waals surface area contributed by atoms with Gasteiger partial charge in [0.05, 0.1) is 16.5 Å². The molecule has 2 aliphatic rings. The van der Waals surface area contributed by atoms with Gasteiger partial charge in [0.25, 0.3) is 0 Å². The van der Waals surface area contributed by atoms with Crippen molar-refractivity contribution in [2.45, 2.75) is 19.3 Å². The van der Waals surface area contributed by atoms with Gasteiger partial charge in [0.2, 0.25) is 5.82 Å². The van der Waals surface area contributed by atoms with E-state index in [-0.39, 0.29) is 25.2 Å². The van der Waals surface area contributed by atoms with E-state index in [1.54, 1.807) is 0 Å². The van der Waals surface area contributed by atoms with Crippen molar-refractivity contribution < 1.29 is 74.6 Å². The Morgan fingerprint density at radius 2 is 1.02 bits per heavy atom. The Morgan fingerprint density at radius 1 is 0.578 bits per heavy atom. The van der Waals surface area contributed by atoms with Crippen LogP contribution in [-0.2, 0) is 6.18 Å². The Morgan fingerprint density at radius 3 is 1.51 bits per heavy atom. The maximum absolute atomic E-state index is 15.9. The second-order valence-electron chi connectivity index (χ2n) is 9.44. The lowest BCUT2D eigenvalue weighted by Gasteiger charge is -2.41. The average molecular weight is 668 g/mol. The molecule has 2 unspecified atom stereocenters. The van der Waals surface area contributed by atoms with Gasteiger partial charge in [-0.2, -0.15) is 13.2 Å². The lowest BCUT2D eigenvalue weighted by molar-refractivity contribution is -0.143. The summed E-state index contributed by atoms with van der Waals surface area (Å²) in [4.78, 5) is 0. The molecule has 0 nitrogen and oxygen atoms in total. The molecule has 0 spiro atoms. The Bertz CT molecular complexity index is 1780. The first-order chi connectivity index (χ1) is 20.7. The topological polar surface area (TPSA) is 0 Å². The van der Waals surface area contributed by atoms with Crippen LogP contribution in [0.3, 0.4) is 0 Å². The average Bonchev–Trinajstić information content (AvgIpc) is 2.96. The molecular formula is C28H9F17. The molecule has 240 valence electrons. The van der Waals surface area contributed by atoms with Crippen LogP contribution in [0.5, 0.6) is 0 Å². The Labute approximate surface area is 239 Å². The van der Waals surface area contributed by atoms with Crippen molar-refractivity contribution >= 4 is 11.1 Å². The summed E-state index contributed by atoms with van der Waals surface area (Å²) in [7, 11) is 0. The van der Waals surface area contributed by atoms with Crippen molar-refractivity contribution in [3.63, 3.8) is 0 Å². The van der Waals surface area contributed by atoms with E-state index in [9.17, 15) is 57.1 Å². The van der Waals surface area contributed by atoms with Crippen molar-refractivity contribution in [3.05, 3.63) is 128 Å². The van der Waals surface area contributed by atoms with Gasteiger partial charge in [-0.1, -0.05) is 18.2 Å². The maximum atomic E-state index is 15.9. The van der Waals surface area contributed by atoms with Crippen molar-refractivity contribution in [2.24, 2.45) is 5.41 Å².